The van der Waals surface area contributed by atoms with E-state index >= 15 is 0 Å². The molecule has 1 N–H and O–H groups in total. The van der Waals surface area contributed by atoms with E-state index in [2.05, 4.69) is 10.3 Å². The number of amides is 1. The maximum Gasteiger partial charge on any atom is 0.254 e. The van der Waals surface area contributed by atoms with E-state index in [0.29, 0.717) is 11.6 Å². The summed E-state index contributed by atoms with van der Waals surface area (Å²) in [6.07, 6.45) is 8.69. The molecule has 1 aromatic heterocycles. The molecule has 2 rings (SSSR count). The number of carbonyl (C=O) groups excluding carboxylic acids is 1. The molecule has 0 aromatic carbocycles. The van der Waals surface area contributed by atoms with Gasteiger partial charge in [0.05, 0.1) is 5.56 Å². The lowest BCUT2D eigenvalue weighted by molar-refractivity contribution is 0.0933. The number of nitrogens with zero attached hydrogens (tertiary/aromatic N) is 1. The van der Waals surface area contributed by atoms with Crippen molar-refractivity contribution in [3.05, 3.63) is 29.0 Å². The summed E-state index contributed by atoms with van der Waals surface area (Å²) < 4.78 is 0. The molecule has 0 spiro atoms. The lowest BCUT2D eigenvalue weighted by Crippen LogP contribution is -2.34. The second kappa shape index (κ2) is 6.01. The highest BCUT2D eigenvalue weighted by Crippen LogP contribution is 2.18. The van der Waals surface area contributed by atoms with Crippen molar-refractivity contribution in [1.29, 1.82) is 0 Å². The van der Waals surface area contributed by atoms with Gasteiger partial charge in [0.25, 0.3) is 5.91 Å². The Hall–Kier alpha value is -1.09. The fraction of sp³-hybridized carbons (Fsp3) is 0.538. The van der Waals surface area contributed by atoms with Crippen LogP contribution in [-0.4, -0.2) is 16.9 Å². The van der Waals surface area contributed by atoms with E-state index in [1.807, 2.05) is 0 Å². The van der Waals surface area contributed by atoms with Gasteiger partial charge < -0.3 is 5.32 Å². The minimum absolute atomic E-state index is 0.102. The first kappa shape index (κ1) is 12.4. The molecule has 1 saturated carbocycles. The molecular formula is C13H17ClN2O. The standard InChI is InChI=1S/C13H17ClN2O/c14-12-11(8-5-9-15-12)13(17)16-10-6-3-1-2-4-7-10/h5,8-10H,1-4,6-7H2,(H,16,17). The molecule has 1 aliphatic rings. The van der Waals surface area contributed by atoms with Crippen LogP contribution in [0.5, 0.6) is 0 Å². The average Bonchev–Trinajstić information content (AvgIpc) is 2.58. The lowest BCUT2D eigenvalue weighted by Gasteiger charge is -2.16. The largest absolute Gasteiger partial charge is 0.349 e. The number of halogens is 1. The van der Waals surface area contributed by atoms with Crippen LogP contribution in [0.2, 0.25) is 5.15 Å². The van der Waals surface area contributed by atoms with Crippen LogP contribution in [0.4, 0.5) is 0 Å². The molecule has 0 bridgehead atoms. The predicted octanol–water partition coefficient (Wildman–Crippen LogP) is 3.19. The van der Waals surface area contributed by atoms with Crippen LogP contribution in [-0.2, 0) is 0 Å². The van der Waals surface area contributed by atoms with Crippen LogP contribution in [0, 0.1) is 0 Å². The summed E-state index contributed by atoms with van der Waals surface area (Å²) in [5.41, 5.74) is 0.471. The molecule has 1 amide bonds. The second-order valence-corrected chi connectivity index (χ2v) is 4.86. The molecule has 4 heteroatoms. The third-order valence-electron chi connectivity index (χ3n) is 3.19. The number of rotatable bonds is 2. The number of hydrogen-bond donors (Lipinski definition) is 1. The molecule has 1 fully saturated rings. The average molecular weight is 253 g/mol. The Morgan fingerprint density at radius 3 is 2.65 bits per heavy atom. The van der Waals surface area contributed by atoms with Crippen molar-refractivity contribution in [1.82, 2.24) is 10.3 Å². The summed E-state index contributed by atoms with van der Waals surface area (Å²) in [6, 6.07) is 3.73. The van der Waals surface area contributed by atoms with Gasteiger partial charge in [-0.1, -0.05) is 37.3 Å². The smallest absolute Gasteiger partial charge is 0.254 e. The molecule has 0 atom stereocenters. The Labute approximate surface area is 107 Å². The van der Waals surface area contributed by atoms with Gasteiger partial charge in [0.15, 0.2) is 0 Å². The number of aromatic nitrogens is 1. The van der Waals surface area contributed by atoms with Crippen LogP contribution >= 0.6 is 11.6 Å². The molecule has 17 heavy (non-hydrogen) atoms. The summed E-state index contributed by atoms with van der Waals surface area (Å²) in [6.45, 7) is 0. The van der Waals surface area contributed by atoms with Crippen LogP contribution in [0.15, 0.2) is 18.3 Å². The molecular weight excluding hydrogens is 236 g/mol. The highest BCUT2D eigenvalue weighted by Gasteiger charge is 2.17. The van der Waals surface area contributed by atoms with E-state index in [0.717, 1.165) is 12.8 Å². The van der Waals surface area contributed by atoms with Crippen molar-refractivity contribution in [3.8, 4) is 0 Å². The molecule has 92 valence electrons. The summed E-state index contributed by atoms with van der Waals surface area (Å²) in [4.78, 5) is 15.9. The zero-order valence-electron chi connectivity index (χ0n) is 9.79. The van der Waals surface area contributed by atoms with Gasteiger partial charge in [-0.2, -0.15) is 0 Å². The predicted molar refractivity (Wildman–Crippen MR) is 68.2 cm³/mol. The van der Waals surface area contributed by atoms with Crippen LogP contribution in [0.25, 0.3) is 0 Å². The van der Waals surface area contributed by atoms with Crippen molar-refractivity contribution in [3.63, 3.8) is 0 Å². The van der Waals surface area contributed by atoms with E-state index < -0.39 is 0 Å². The minimum Gasteiger partial charge on any atom is -0.349 e. The van der Waals surface area contributed by atoms with E-state index in [9.17, 15) is 4.79 Å². The highest BCUT2D eigenvalue weighted by molar-refractivity contribution is 6.32. The third-order valence-corrected chi connectivity index (χ3v) is 3.50. The van der Waals surface area contributed by atoms with Gasteiger partial charge in [-0.15, -0.1) is 0 Å². The molecule has 0 radical (unpaired) electrons. The van der Waals surface area contributed by atoms with Crippen LogP contribution < -0.4 is 5.32 Å². The lowest BCUT2D eigenvalue weighted by atomic mass is 10.1. The fourth-order valence-corrected chi connectivity index (χ4v) is 2.45. The summed E-state index contributed by atoms with van der Waals surface area (Å²) >= 11 is 5.90. The second-order valence-electron chi connectivity index (χ2n) is 4.50. The van der Waals surface area contributed by atoms with Gasteiger partial charge in [0.2, 0.25) is 0 Å². The molecule has 1 aromatic rings. The Bertz CT molecular complexity index is 387. The van der Waals surface area contributed by atoms with E-state index in [4.69, 9.17) is 11.6 Å². The number of nitrogens with one attached hydrogen (secondary N) is 1. The van der Waals surface area contributed by atoms with E-state index in [1.54, 1.807) is 18.3 Å². The first-order chi connectivity index (χ1) is 8.27. The van der Waals surface area contributed by atoms with Gasteiger partial charge in [-0.05, 0) is 25.0 Å². The summed E-state index contributed by atoms with van der Waals surface area (Å²) in [5.74, 6) is -0.102. The maximum absolute atomic E-state index is 12.0. The molecule has 0 unspecified atom stereocenters. The molecule has 0 aliphatic heterocycles. The first-order valence-electron chi connectivity index (χ1n) is 6.19. The van der Waals surface area contributed by atoms with E-state index in [-0.39, 0.29) is 11.1 Å². The fourth-order valence-electron chi connectivity index (χ4n) is 2.24. The number of hydrogen-bond acceptors (Lipinski definition) is 2. The Balaban J connectivity index is 1.98. The molecule has 3 nitrogen and oxygen atoms in total. The number of carbonyl (C=O) groups is 1. The summed E-state index contributed by atoms with van der Waals surface area (Å²) in [5, 5.41) is 3.33. The topological polar surface area (TPSA) is 42.0 Å². The maximum atomic E-state index is 12.0. The Morgan fingerprint density at radius 1 is 1.29 bits per heavy atom. The quantitative estimate of drug-likeness (QED) is 0.649. The van der Waals surface area contributed by atoms with E-state index in [1.165, 1.54) is 25.7 Å². The molecule has 1 aliphatic carbocycles. The normalized spacial score (nSPS) is 17.5. The van der Waals surface area contributed by atoms with Gasteiger partial charge in [-0.25, -0.2) is 4.98 Å². The Kier molecular flexibility index (Phi) is 4.37. The zero-order chi connectivity index (χ0) is 12.1. The minimum atomic E-state index is -0.102. The number of pyridine rings is 1. The van der Waals surface area contributed by atoms with Crippen LogP contribution in [0.1, 0.15) is 48.9 Å². The van der Waals surface area contributed by atoms with Gasteiger partial charge in [0, 0.05) is 12.2 Å². The van der Waals surface area contributed by atoms with Gasteiger partial charge in [0.1, 0.15) is 5.15 Å². The van der Waals surface area contributed by atoms with Crippen molar-refractivity contribution >= 4 is 17.5 Å². The van der Waals surface area contributed by atoms with Crippen molar-refractivity contribution in [2.45, 2.75) is 44.6 Å². The molecule has 0 saturated heterocycles. The van der Waals surface area contributed by atoms with Crippen molar-refractivity contribution < 1.29 is 4.79 Å². The first-order valence-corrected chi connectivity index (χ1v) is 6.56. The molecule has 1 heterocycles. The summed E-state index contributed by atoms with van der Waals surface area (Å²) in [7, 11) is 0. The van der Waals surface area contributed by atoms with Gasteiger partial charge in [-0.3, -0.25) is 4.79 Å². The van der Waals surface area contributed by atoms with Crippen molar-refractivity contribution in [2.75, 3.05) is 0 Å². The monoisotopic (exact) mass is 252 g/mol. The van der Waals surface area contributed by atoms with Crippen molar-refractivity contribution in [2.24, 2.45) is 0 Å². The zero-order valence-corrected chi connectivity index (χ0v) is 10.5. The van der Waals surface area contributed by atoms with Crippen LogP contribution in [0.3, 0.4) is 0 Å². The third kappa shape index (κ3) is 3.43. The SMILES string of the molecule is O=C(NC1CCCCCC1)c1cccnc1Cl. The van der Waals surface area contributed by atoms with Gasteiger partial charge >= 0.3 is 0 Å². The Morgan fingerprint density at radius 2 is 2.00 bits per heavy atom. The highest BCUT2D eigenvalue weighted by atomic mass is 35.5.